The maximum atomic E-state index is 12.5. The van der Waals surface area contributed by atoms with Gasteiger partial charge < -0.3 is 15.4 Å². The minimum absolute atomic E-state index is 0.0532. The highest BCUT2D eigenvalue weighted by Crippen LogP contribution is 2.26. The minimum Gasteiger partial charge on any atom is -0.492 e. The van der Waals surface area contributed by atoms with Gasteiger partial charge in [0, 0.05) is 18.3 Å². The lowest BCUT2D eigenvalue weighted by molar-refractivity contribution is -0.119. The third-order valence-electron chi connectivity index (χ3n) is 4.53. The Kier molecular flexibility index (Phi) is 10.5. The zero-order valence-electron chi connectivity index (χ0n) is 17.8. The van der Waals surface area contributed by atoms with Crippen molar-refractivity contribution in [2.24, 2.45) is 0 Å². The summed E-state index contributed by atoms with van der Waals surface area (Å²) in [5, 5.41) is 8.42. The first-order chi connectivity index (χ1) is 14.9. The highest BCUT2D eigenvalue weighted by atomic mass is 79.9. The molecule has 3 N–H and O–H groups in total. The molecule has 8 heteroatoms. The van der Waals surface area contributed by atoms with Crippen molar-refractivity contribution in [3.63, 3.8) is 0 Å². The number of thiocarbonyl (C=S) groups is 1. The quantitative estimate of drug-likeness (QED) is 0.318. The number of carbonyl (C=O) groups excluding carboxylic acids is 2. The number of carbonyl (C=O) groups is 2. The largest absolute Gasteiger partial charge is 0.492 e. The first-order valence-corrected chi connectivity index (χ1v) is 11.5. The molecule has 0 radical (unpaired) electrons. The normalized spacial score (nSPS) is 10.3. The molecule has 0 unspecified atom stereocenters. The molecule has 2 amide bonds. The van der Waals surface area contributed by atoms with Gasteiger partial charge >= 0.3 is 0 Å². The first kappa shape index (κ1) is 24.8. The van der Waals surface area contributed by atoms with Gasteiger partial charge in [0.1, 0.15) is 5.75 Å². The van der Waals surface area contributed by atoms with Gasteiger partial charge in [0.15, 0.2) is 5.11 Å². The van der Waals surface area contributed by atoms with Gasteiger partial charge in [0.25, 0.3) is 5.91 Å². The van der Waals surface area contributed by atoms with Crippen LogP contribution in [0.3, 0.4) is 0 Å². The van der Waals surface area contributed by atoms with Crippen LogP contribution in [0.5, 0.6) is 5.75 Å². The Bertz CT molecular complexity index is 903. The van der Waals surface area contributed by atoms with Gasteiger partial charge in [-0.1, -0.05) is 38.3 Å². The van der Waals surface area contributed by atoms with E-state index in [1.165, 1.54) is 12.8 Å². The molecule has 0 saturated carbocycles. The summed E-state index contributed by atoms with van der Waals surface area (Å²) in [7, 11) is 1.60. The summed E-state index contributed by atoms with van der Waals surface area (Å²) in [4.78, 5) is 23.9. The van der Waals surface area contributed by atoms with E-state index < -0.39 is 0 Å². The van der Waals surface area contributed by atoms with Crippen LogP contribution >= 0.6 is 28.1 Å². The first-order valence-electron chi connectivity index (χ1n) is 10.3. The van der Waals surface area contributed by atoms with Crippen molar-refractivity contribution in [1.29, 1.82) is 0 Å². The van der Waals surface area contributed by atoms with Gasteiger partial charge in [-0.15, -0.1) is 0 Å². The molecule has 0 aliphatic rings. The van der Waals surface area contributed by atoms with Crippen LogP contribution in [-0.4, -0.2) is 30.6 Å². The molecule has 2 aromatic rings. The second kappa shape index (κ2) is 13.1. The maximum absolute atomic E-state index is 12.5. The van der Waals surface area contributed by atoms with Gasteiger partial charge in [0.05, 0.1) is 17.5 Å². The third kappa shape index (κ3) is 8.67. The average Bonchev–Trinajstić information content (AvgIpc) is 2.75. The topological polar surface area (TPSA) is 79.5 Å². The second-order valence-electron chi connectivity index (χ2n) is 7.01. The molecule has 0 fully saturated rings. The van der Waals surface area contributed by atoms with E-state index in [1.807, 2.05) is 12.1 Å². The molecule has 0 aliphatic carbocycles. The number of hydrogen-bond donors (Lipinski definition) is 3. The highest BCUT2D eigenvalue weighted by molar-refractivity contribution is 9.10. The summed E-state index contributed by atoms with van der Waals surface area (Å²) in [6, 6.07) is 12.5. The number of benzene rings is 2. The monoisotopic (exact) mass is 505 g/mol. The highest BCUT2D eigenvalue weighted by Gasteiger charge is 2.11. The summed E-state index contributed by atoms with van der Waals surface area (Å²) in [5.74, 6) is 0.345. The SMILES string of the molecule is CCCCCCOc1ccc(C(=O)NC(=S)Nc2ccc(CC(=O)NC)cc2)cc1Br. The van der Waals surface area contributed by atoms with E-state index in [2.05, 4.69) is 38.8 Å². The summed E-state index contributed by atoms with van der Waals surface area (Å²) in [5.41, 5.74) is 2.08. The van der Waals surface area contributed by atoms with Gasteiger partial charge in [-0.25, -0.2) is 0 Å². The van der Waals surface area contributed by atoms with Crippen molar-refractivity contribution < 1.29 is 14.3 Å². The van der Waals surface area contributed by atoms with Crippen LogP contribution in [-0.2, 0) is 11.2 Å². The van der Waals surface area contributed by atoms with Crippen molar-refractivity contribution in [2.75, 3.05) is 19.0 Å². The lowest BCUT2D eigenvalue weighted by atomic mass is 10.1. The molecule has 6 nitrogen and oxygen atoms in total. The molecule has 2 aromatic carbocycles. The molecule has 0 aromatic heterocycles. The Labute approximate surface area is 197 Å². The lowest BCUT2D eigenvalue weighted by Gasteiger charge is -2.12. The number of hydrogen-bond acceptors (Lipinski definition) is 4. The van der Waals surface area contributed by atoms with Crippen LogP contribution in [0.25, 0.3) is 0 Å². The van der Waals surface area contributed by atoms with Gasteiger partial charge in [-0.05, 0) is 70.5 Å². The Hall–Kier alpha value is -2.45. The van der Waals surface area contributed by atoms with Crippen LogP contribution in [0.15, 0.2) is 46.9 Å². The van der Waals surface area contributed by atoms with Crippen molar-refractivity contribution in [3.8, 4) is 5.75 Å². The fourth-order valence-corrected chi connectivity index (χ4v) is 3.49. The van der Waals surface area contributed by atoms with E-state index in [0.29, 0.717) is 24.3 Å². The molecule has 166 valence electrons. The minimum atomic E-state index is -0.316. The van der Waals surface area contributed by atoms with Gasteiger partial charge in [-0.3, -0.25) is 14.9 Å². The number of amides is 2. The number of ether oxygens (including phenoxy) is 1. The van der Waals surface area contributed by atoms with E-state index >= 15 is 0 Å². The van der Waals surface area contributed by atoms with Crippen LogP contribution in [0.4, 0.5) is 5.69 Å². The molecule has 31 heavy (non-hydrogen) atoms. The van der Waals surface area contributed by atoms with Crippen LogP contribution in [0.1, 0.15) is 48.5 Å². The molecule has 0 heterocycles. The van der Waals surface area contributed by atoms with E-state index in [1.54, 1.807) is 37.4 Å². The second-order valence-corrected chi connectivity index (χ2v) is 8.27. The standard InChI is InChI=1S/C23H28BrN3O3S/c1-3-4-5-6-13-30-20-12-9-17(15-19(20)24)22(29)27-23(31)26-18-10-7-16(8-11-18)14-21(28)25-2/h7-12,15H,3-6,13-14H2,1-2H3,(H,25,28)(H2,26,27,29,31). The van der Waals surface area contributed by atoms with Crippen LogP contribution in [0.2, 0.25) is 0 Å². The van der Waals surface area contributed by atoms with E-state index in [-0.39, 0.29) is 16.9 Å². The number of unbranched alkanes of at least 4 members (excludes halogenated alkanes) is 3. The maximum Gasteiger partial charge on any atom is 0.257 e. The Morgan fingerprint density at radius 1 is 1.06 bits per heavy atom. The fraction of sp³-hybridized carbons (Fsp3) is 0.348. The number of rotatable bonds is 10. The zero-order chi connectivity index (χ0) is 22.6. The predicted octanol–water partition coefficient (Wildman–Crippen LogP) is 4.82. The van der Waals surface area contributed by atoms with Crippen molar-refractivity contribution in [3.05, 3.63) is 58.1 Å². The van der Waals surface area contributed by atoms with Gasteiger partial charge in [0.2, 0.25) is 5.91 Å². The van der Waals surface area contributed by atoms with E-state index in [0.717, 1.165) is 28.6 Å². The summed E-state index contributed by atoms with van der Waals surface area (Å²) >= 11 is 8.71. The predicted molar refractivity (Wildman–Crippen MR) is 132 cm³/mol. The fourth-order valence-electron chi connectivity index (χ4n) is 2.79. The third-order valence-corrected chi connectivity index (χ3v) is 5.36. The Morgan fingerprint density at radius 2 is 1.81 bits per heavy atom. The smallest absolute Gasteiger partial charge is 0.257 e. The molecule has 0 aliphatic heterocycles. The Morgan fingerprint density at radius 3 is 2.45 bits per heavy atom. The van der Waals surface area contributed by atoms with Crippen molar-refractivity contribution >= 4 is 50.8 Å². The van der Waals surface area contributed by atoms with Crippen molar-refractivity contribution in [1.82, 2.24) is 10.6 Å². The summed E-state index contributed by atoms with van der Waals surface area (Å²) < 4.78 is 6.50. The Balaban J connectivity index is 1.85. The molecule has 0 atom stereocenters. The molecule has 0 spiro atoms. The molecular formula is C23H28BrN3O3S. The van der Waals surface area contributed by atoms with E-state index in [4.69, 9.17) is 17.0 Å². The van der Waals surface area contributed by atoms with Gasteiger partial charge in [-0.2, -0.15) is 0 Å². The van der Waals surface area contributed by atoms with E-state index in [9.17, 15) is 9.59 Å². The molecular weight excluding hydrogens is 478 g/mol. The summed E-state index contributed by atoms with van der Waals surface area (Å²) in [6.45, 7) is 2.83. The zero-order valence-corrected chi connectivity index (χ0v) is 20.2. The number of anilines is 1. The lowest BCUT2D eigenvalue weighted by Crippen LogP contribution is -2.34. The molecule has 2 rings (SSSR count). The number of likely N-dealkylation sites (N-methyl/N-ethyl adjacent to an activating group) is 1. The molecule has 0 saturated heterocycles. The molecule has 0 bridgehead atoms. The number of nitrogens with one attached hydrogen (secondary N) is 3. The van der Waals surface area contributed by atoms with Crippen molar-refractivity contribution in [2.45, 2.75) is 39.0 Å². The van der Waals surface area contributed by atoms with Crippen LogP contribution in [0, 0.1) is 0 Å². The average molecular weight is 506 g/mol. The number of halogens is 1. The summed E-state index contributed by atoms with van der Waals surface area (Å²) in [6.07, 6.45) is 4.86. The van der Waals surface area contributed by atoms with Crippen LogP contribution < -0.4 is 20.7 Å².